The van der Waals surface area contributed by atoms with Crippen molar-refractivity contribution in [2.75, 3.05) is 19.5 Å². The Bertz CT molecular complexity index is 547. The summed E-state index contributed by atoms with van der Waals surface area (Å²) in [6.07, 6.45) is 0.684. The first kappa shape index (κ1) is 17.9. The molecule has 122 valence electrons. The van der Waals surface area contributed by atoms with Crippen molar-refractivity contribution in [3.63, 3.8) is 0 Å². The van der Waals surface area contributed by atoms with Crippen molar-refractivity contribution in [1.82, 2.24) is 0 Å². The molecule has 22 heavy (non-hydrogen) atoms. The highest BCUT2D eigenvalue weighted by Crippen LogP contribution is 2.38. The lowest BCUT2D eigenvalue weighted by atomic mass is 10.2. The van der Waals surface area contributed by atoms with Gasteiger partial charge >= 0.3 is 6.18 Å². The second-order valence-corrected chi connectivity index (χ2v) is 7.31. The summed E-state index contributed by atoms with van der Waals surface area (Å²) < 4.78 is 50.3. The van der Waals surface area contributed by atoms with Crippen molar-refractivity contribution in [3.8, 4) is 0 Å². The Balaban J connectivity index is 2.06. The van der Waals surface area contributed by atoms with E-state index in [4.69, 9.17) is 21.1 Å². The first-order chi connectivity index (χ1) is 10.4. The van der Waals surface area contributed by atoms with Crippen molar-refractivity contribution in [2.45, 2.75) is 17.7 Å². The lowest BCUT2D eigenvalue weighted by molar-refractivity contribution is -0.146. The van der Waals surface area contributed by atoms with Crippen molar-refractivity contribution in [1.29, 1.82) is 0 Å². The number of ether oxygens (including phenoxy) is 2. The molecule has 0 saturated carbocycles. The monoisotopic (exact) mass is 370 g/mol. The van der Waals surface area contributed by atoms with Crippen LogP contribution in [0.4, 0.5) is 13.2 Å². The number of allylic oxidation sites excluding steroid dienone is 3. The second kappa shape index (κ2) is 7.88. The quantitative estimate of drug-likeness (QED) is 0.694. The smallest absolute Gasteiger partial charge is 0.348 e. The zero-order valence-electron chi connectivity index (χ0n) is 11.6. The number of thiophene rings is 1. The molecule has 0 N–H and O–H groups in total. The molecule has 8 heteroatoms. The van der Waals surface area contributed by atoms with E-state index in [1.165, 1.54) is 24.3 Å². The van der Waals surface area contributed by atoms with Gasteiger partial charge in [-0.1, -0.05) is 17.7 Å². The van der Waals surface area contributed by atoms with Crippen LogP contribution in [-0.2, 0) is 9.47 Å². The number of thioether (sulfide) groups is 1. The molecule has 1 fully saturated rings. The average molecular weight is 371 g/mol. The number of hydrogen-bond donors (Lipinski definition) is 0. The van der Waals surface area contributed by atoms with Gasteiger partial charge in [0.1, 0.15) is 0 Å². The van der Waals surface area contributed by atoms with E-state index in [0.717, 1.165) is 17.4 Å². The van der Waals surface area contributed by atoms with Gasteiger partial charge in [-0.15, -0.1) is 11.3 Å². The molecule has 1 saturated heterocycles. The molecular formula is C14H14ClF3O2S2. The maximum atomic E-state index is 13.1. The molecule has 0 amide bonds. The van der Waals surface area contributed by atoms with Crippen LogP contribution < -0.4 is 0 Å². The zero-order valence-corrected chi connectivity index (χ0v) is 14.0. The molecule has 0 bridgehead atoms. The van der Waals surface area contributed by atoms with Gasteiger partial charge in [0.25, 0.3) is 0 Å². The van der Waals surface area contributed by atoms with Crippen LogP contribution >= 0.6 is 34.7 Å². The van der Waals surface area contributed by atoms with Crippen molar-refractivity contribution < 1.29 is 22.6 Å². The minimum atomic E-state index is -4.45. The van der Waals surface area contributed by atoms with E-state index >= 15 is 0 Å². The fourth-order valence-electron chi connectivity index (χ4n) is 1.77. The third kappa shape index (κ3) is 5.03. The molecule has 1 aliphatic heterocycles. The lowest BCUT2D eigenvalue weighted by Gasteiger charge is -2.26. The summed E-state index contributed by atoms with van der Waals surface area (Å²) in [5, 5.41) is 0.263. The first-order valence-corrected chi connectivity index (χ1v) is 8.86. The molecule has 0 unspecified atom stereocenters. The van der Waals surface area contributed by atoms with Crippen molar-refractivity contribution in [3.05, 3.63) is 39.6 Å². The molecule has 0 spiro atoms. The van der Waals surface area contributed by atoms with Crippen LogP contribution in [0.2, 0.25) is 4.34 Å². The minimum absolute atomic E-state index is 0.0788. The average Bonchev–Trinajstić information content (AvgIpc) is 2.89. The van der Waals surface area contributed by atoms with Gasteiger partial charge < -0.3 is 9.47 Å². The first-order valence-electron chi connectivity index (χ1n) is 6.37. The fourth-order valence-corrected chi connectivity index (χ4v) is 3.28. The van der Waals surface area contributed by atoms with Gasteiger partial charge in [0.05, 0.1) is 28.4 Å². The van der Waals surface area contributed by atoms with E-state index in [2.05, 4.69) is 0 Å². The molecule has 0 aromatic carbocycles. The summed E-state index contributed by atoms with van der Waals surface area (Å²) in [4.78, 5) is 0.0788. The molecule has 1 aromatic rings. The molecule has 2 rings (SSSR count). The number of hydrogen-bond acceptors (Lipinski definition) is 4. The number of rotatable bonds is 4. The Morgan fingerprint density at radius 2 is 2.05 bits per heavy atom. The van der Waals surface area contributed by atoms with E-state index in [0.29, 0.717) is 17.6 Å². The third-order valence-electron chi connectivity index (χ3n) is 2.90. The number of alkyl halides is 3. The summed E-state index contributed by atoms with van der Waals surface area (Å²) in [7, 11) is 0. The molecule has 1 aromatic heterocycles. The van der Waals surface area contributed by atoms with Crippen LogP contribution in [-0.4, -0.2) is 37.2 Å². The fraction of sp³-hybridized carbons (Fsp3) is 0.429. The zero-order chi connectivity index (χ0) is 16.2. The highest BCUT2D eigenvalue weighted by molar-refractivity contribution is 7.99. The van der Waals surface area contributed by atoms with E-state index < -0.39 is 18.0 Å². The molecule has 0 radical (unpaired) electrons. The summed E-state index contributed by atoms with van der Waals surface area (Å²) in [6, 6.07) is 2.80. The molecular weight excluding hydrogens is 357 g/mol. The largest absolute Gasteiger partial charge is 0.417 e. The lowest BCUT2D eigenvalue weighted by Crippen LogP contribution is -2.32. The predicted octanol–water partition coefficient (Wildman–Crippen LogP) is 5.01. The standard InChI is InChI=1S/C14H14ClF3O2S2/c1-21-9-7-19-13(20-8-9)4-2-3-10(14(16,17)18)11-5-6-12(15)22-11/h2-6,9,13H,7-8H2,1H3. The van der Waals surface area contributed by atoms with Gasteiger partial charge in [-0.3, -0.25) is 0 Å². The van der Waals surface area contributed by atoms with Crippen LogP contribution in [0.1, 0.15) is 4.88 Å². The predicted molar refractivity (Wildman–Crippen MR) is 85.5 cm³/mol. The van der Waals surface area contributed by atoms with Crippen LogP contribution in [0.3, 0.4) is 0 Å². The summed E-state index contributed by atoms with van der Waals surface area (Å²) in [5.74, 6) is 0. The summed E-state index contributed by atoms with van der Waals surface area (Å²) >= 11 is 8.23. The highest BCUT2D eigenvalue weighted by Gasteiger charge is 2.35. The van der Waals surface area contributed by atoms with Crippen LogP contribution in [0.5, 0.6) is 0 Å². The SMILES string of the molecule is CSC1COC(C=CC=C(c2ccc(Cl)s2)C(F)(F)F)OC1. The van der Waals surface area contributed by atoms with Gasteiger partial charge in [-0.25, -0.2) is 0 Å². The maximum absolute atomic E-state index is 13.1. The molecule has 0 atom stereocenters. The highest BCUT2D eigenvalue weighted by atomic mass is 35.5. The summed E-state index contributed by atoms with van der Waals surface area (Å²) in [5.41, 5.74) is -0.738. The second-order valence-electron chi connectivity index (χ2n) is 4.46. The Morgan fingerprint density at radius 1 is 1.36 bits per heavy atom. The normalized spacial score (nSPS) is 24.1. The maximum Gasteiger partial charge on any atom is 0.417 e. The van der Waals surface area contributed by atoms with Crippen LogP contribution in [0.15, 0.2) is 30.4 Å². The Kier molecular flexibility index (Phi) is 6.40. The topological polar surface area (TPSA) is 18.5 Å². The van der Waals surface area contributed by atoms with Gasteiger partial charge in [-0.05, 0) is 30.5 Å². The Morgan fingerprint density at radius 3 is 2.55 bits per heavy atom. The van der Waals surface area contributed by atoms with Gasteiger partial charge in [0.2, 0.25) is 0 Å². The third-order valence-corrected chi connectivity index (χ3v) is 5.10. The van der Waals surface area contributed by atoms with Crippen LogP contribution in [0.25, 0.3) is 5.57 Å². The number of halogens is 4. The van der Waals surface area contributed by atoms with Gasteiger partial charge in [-0.2, -0.15) is 24.9 Å². The van der Waals surface area contributed by atoms with E-state index in [-0.39, 0.29) is 10.1 Å². The minimum Gasteiger partial charge on any atom is -0.348 e. The van der Waals surface area contributed by atoms with E-state index in [1.54, 1.807) is 11.8 Å². The summed E-state index contributed by atoms with van der Waals surface area (Å²) in [6.45, 7) is 1.04. The van der Waals surface area contributed by atoms with Gasteiger partial charge in [0.15, 0.2) is 6.29 Å². The Hall–Kier alpha value is -0.470. The molecule has 1 aliphatic rings. The van der Waals surface area contributed by atoms with E-state index in [1.807, 2.05) is 6.26 Å². The van der Waals surface area contributed by atoms with Crippen molar-refractivity contribution >= 4 is 40.3 Å². The van der Waals surface area contributed by atoms with Crippen molar-refractivity contribution in [2.24, 2.45) is 0 Å². The van der Waals surface area contributed by atoms with Gasteiger partial charge in [0, 0.05) is 4.88 Å². The Labute approximate surface area is 139 Å². The molecule has 2 nitrogen and oxygen atoms in total. The van der Waals surface area contributed by atoms with E-state index in [9.17, 15) is 13.2 Å². The molecule has 2 heterocycles. The molecule has 0 aliphatic carbocycles. The van der Waals surface area contributed by atoms with Crippen LogP contribution in [0, 0.1) is 0 Å².